The molecule has 0 saturated heterocycles. The number of aryl methyl sites for hydroxylation is 1. The third-order valence-corrected chi connectivity index (χ3v) is 4.08. The maximum atomic E-state index is 12.8. The van der Waals surface area contributed by atoms with Crippen molar-refractivity contribution in [3.63, 3.8) is 0 Å². The fraction of sp³-hybridized carbons (Fsp3) is 0.316. The number of carbonyl (C=O) groups is 1. The Labute approximate surface area is 146 Å². The van der Waals surface area contributed by atoms with Gasteiger partial charge in [0.15, 0.2) is 6.61 Å². The molecule has 0 aliphatic rings. The summed E-state index contributed by atoms with van der Waals surface area (Å²) in [5.41, 5.74) is 2.70. The normalized spacial score (nSPS) is 10.8. The minimum absolute atomic E-state index is 0.0814. The minimum Gasteiger partial charge on any atom is -0.483 e. The molecule has 0 unspecified atom stereocenters. The SMILES string of the molecule is Cc1cc(OCC(=O)NCc2ccc(F)cc2)c(C(C)C)cc1Cl. The standard InChI is InChI=1S/C19H21ClFNO2/c1-12(2)16-9-17(20)13(3)8-18(16)24-11-19(23)22-10-14-4-6-15(21)7-5-14/h4-9,12H,10-11H2,1-3H3,(H,22,23). The number of carbonyl (C=O) groups excluding carboxylic acids is 1. The highest BCUT2D eigenvalue weighted by molar-refractivity contribution is 6.31. The zero-order chi connectivity index (χ0) is 17.7. The number of rotatable bonds is 6. The van der Waals surface area contributed by atoms with Crippen molar-refractivity contribution in [2.24, 2.45) is 0 Å². The molecule has 0 bridgehead atoms. The van der Waals surface area contributed by atoms with E-state index in [4.69, 9.17) is 16.3 Å². The van der Waals surface area contributed by atoms with Gasteiger partial charge in [-0.05, 0) is 53.8 Å². The molecule has 1 amide bonds. The first kappa shape index (κ1) is 18.3. The number of hydrogen-bond donors (Lipinski definition) is 1. The van der Waals surface area contributed by atoms with Crippen molar-refractivity contribution in [2.75, 3.05) is 6.61 Å². The van der Waals surface area contributed by atoms with Crippen LogP contribution in [-0.4, -0.2) is 12.5 Å². The second kappa shape index (κ2) is 8.15. The maximum absolute atomic E-state index is 12.8. The van der Waals surface area contributed by atoms with Crippen LogP contribution in [0.1, 0.15) is 36.5 Å². The second-order valence-corrected chi connectivity index (χ2v) is 6.39. The third-order valence-electron chi connectivity index (χ3n) is 3.67. The molecule has 0 radical (unpaired) electrons. The van der Waals surface area contributed by atoms with Crippen molar-refractivity contribution in [2.45, 2.75) is 33.2 Å². The van der Waals surface area contributed by atoms with Gasteiger partial charge in [-0.1, -0.05) is 37.6 Å². The van der Waals surface area contributed by atoms with E-state index in [0.717, 1.165) is 16.7 Å². The van der Waals surface area contributed by atoms with Crippen molar-refractivity contribution in [3.8, 4) is 5.75 Å². The number of amides is 1. The molecule has 0 saturated carbocycles. The van der Waals surface area contributed by atoms with Crippen LogP contribution in [0.3, 0.4) is 0 Å². The molecule has 5 heteroatoms. The Hall–Kier alpha value is -2.07. The van der Waals surface area contributed by atoms with Gasteiger partial charge in [-0.25, -0.2) is 4.39 Å². The van der Waals surface area contributed by atoms with Crippen LogP contribution in [0.15, 0.2) is 36.4 Å². The summed E-state index contributed by atoms with van der Waals surface area (Å²) in [4.78, 5) is 12.0. The fourth-order valence-corrected chi connectivity index (χ4v) is 2.42. The van der Waals surface area contributed by atoms with E-state index in [1.165, 1.54) is 12.1 Å². The summed E-state index contributed by atoms with van der Waals surface area (Å²) < 4.78 is 18.5. The summed E-state index contributed by atoms with van der Waals surface area (Å²) in [6, 6.07) is 9.73. The Balaban J connectivity index is 1.94. The topological polar surface area (TPSA) is 38.3 Å². The Morgan fingerprint density at radius 3 is 2.54 bits per heavy atom. The summed E-state index contributed by atoms with van der Waals surface area (Å²) in [6.45, 7) is 6.24. The summed E-state index contributed by atoms with van der Waals surface area (Å²) in [5, 5.41) is 3.44. The molecule has 0 spiro atoms. The van der Waals surface area contributed by atoms with Gasteiger partial charge in [-0.15, -0.1) is 0 Å². The van der Waals surface area contributed by atoms with Gasteiger partial charge in [0, 0.05) is 11.6 Å². The maximum Gasteiger partial charge on any atom is 0.258 e. The van der Waals surface area contributed by atoms with Crippen molar-refractivity contribution in [3.05, 3.63) is 63.9 Å². The lowest BCUT2D eigenvalue weighted by atomic mass is 10.0. The van der Waals surface area contributed by atoms with Gasteiger partial charge >= 0.3 is 0 Å². The van der Waals surface area contributed by atoms with Crippen LogP contribution in [0, 0.1) is 12.7 Å². The quantitative estimate of drug-likeness (QED) is 0.827. The first-order valence-electron chi connectivity index (χ1n) is 7.80. The van der Waals surface area contributed by atoms with Crippen molar-refractivity contribution >= 4 is 17.5 Å². The summed E-state index contributed by atoms with van der Waals surface area (Å²) in [6.07, 6.45) is 0. The minimum atomic E-state index is -0.298. The Bertz CT molecular complexity index is 714. The highest BCUT2D eigenvalue weighted by Crippen LogP contribution is 2.31. The summed E-state index contributed by atoms with van der Waals surface area (Å²) in [5.74, 6) is 0.374. The highest BCUT2D eigenvalue weighted by atomic mass is 35.5. The zero-order valence-corrected chi connectivity index (χ0v) is 14.8. The van der Waals surface area contributed by atoms with Gasteiger partial charge in [0.1, 0.15) is 11.6 Å². The van der Waals surface area contributed by atoms with Gasteiger partial charge in [0.2, 0.25) is 0 Å². The molecule has 0 heterocycles. The molecule has 0 fully saturated rings. The van der Waals surface area contributed by atoms with E-state index < -0.39 is 0 Å². The second-order valence-electron chi connectivity index (χ2n) is 5.99. The molecule has 2 aromatic rings. The molecule has 24 heavy (non-hydrogen) atoms. The third kappa shape index (κ3) is 4.96. The average molecular weight is 350 g/mol. The van der Waals surface area contributed by atoms with Crippen LogP contribution in [0.5, 0.6) is 5.75 Å². The Kier molecular flexibility index (Phi) is 6.21. The Morgan fingerprint density at radius 1 is 1.25 bits per heavy atom. The highest BCUT2D eigenvalue weighted by Gasteiger charge is 2.12. The number of benzene rings is 2. The van der Waals surface area contributed by atoms with E-state index in [9.17, 15) is 9.18 Å². The molecule has 128 valence electrons. The van der Waals surface area contributed by atoms with Crippen LogP contribution in [-0.2, 0) is 11.3 Å². The first-order valence-corrected chi connectivity index (χ1v) is 8.18. The Morgan fingerprint density at radius 2 is 1.92 bits per heavy atom. The molecule has 0 atom stereocenters. The zero-order valence-electron chi connectivity index (χ0n) is 14.0. The van der Waals surface area contributed by atoms with Gasteiger partial charge in [-0.2, -0.15) is 0 Å². The lowest BCUT2D eigenvalue weighted by molar-refractivity contribution is -0.123. The van der Waals surface area contributed by atoms with Crippen molar-refractivity contribution in [1.29, 1.82) is 0 Å². The predicted molar refractivity (Wildman–Crippen MR) is 94.0 cm³/mol. The lowest BCUT2D eigenvalue weighted by Gasteiger charge is -2.16. The molecule has 0 aliphatic heterocycles. The van der Waals surface area contributed by atoms with Gasteiger partial charge in [0.25, 0.3) is 5.91 Å². The summed E-state index contributed by atoms with van der Waals surface area (Å²) in [7, 11) is 0. The van der Waals surface area contributed by atoms with Gasteiger partial charge in [0.05, 0.1) is 0 Å². The molecular formula is C19H21ClFNO2. The van der Waals surface area contributed by atoms with Crippen LogP contribution >= 0.6 is 11.6 Å². The van der Waals surface area contributed by atoms with E-state index >= 15 is 0 Å². The fourth-order valence-electron chi connectivity index (χ4n) is 2.24. The van der Waals surface area contributed by atoms with Crippen LogP contribution in [0.25, 0.3) is 0 Å². The van der Waals surface area contributed by atoms with Crippen molar-refractivity contribution in [1.82, 2.24) is 5.32 Å². The van der Waals surface area contributed by atoms with E-state index in [1.807, 2.05) is 32.9 Å². The molecule has 0 aromatic heterocycles. The largest absolute Gasteiger partial charge is 0.483 e. The number of nitrogens with one attached hydrogen (secondary N) is 1. The molecule has 2 aromatic carbocycles. The summed E-state index contributed by atoms with van der Waals surface area (Å²) >= 11 is 6.16. The number of hydrogen-bond acceptors (Lipinski definition) is 2. The van der Waals surface area contributed by atoms with Crippen molar-refractivity contribution < 1.29 is 13.9 Å². The van der Waals surface area contributed by atoms with E-state index in [0.29, 0.717) is 17.3 Å². The first-order chi connectivity index (χ1) is 11.4. The smallest absolute Gasteiger partial charge is 0.258 e. The van der Waals surface area contributed by atoms with Crippen LogP contribution in [0.2, 0.25) is 5.02 Å². The molecule has 2 rings (SSSR count). The molecule has 3 nitrogen and oxygen atoms in total. The van der Waals surface area contributed by atoms with E-state index in [-0.39, 0.29) is 24.2 Å². The van der Waals surface area contributed by atoms with Gasteiger partial charge in [-0.3, -0.25) is 4.79 Å². The molecule has 1 N–H and O–H groups in total. The molecule has 0 aliphatic carbocycles. The number of ether oxygens (including phenoxy) is 1. The van der Waals surface area contributed by atoms with E-state index in [1.54, 1.807) is 12.1 Å². The lowest BCUT2D eigenvalue weighted by Crippen LogP contribution is -2.28. The molecular weight excluding hydrogens is 329 g/mol. The average Bonchev–Trinajstić information content (AvgIpc) is 2.54. The predicted octanol–water partition coefficient (Wildman–Crippen LogP) is 4.61. The monoisotopic (exact) mass is 349 g/mol. The van der Waals surface area contributed by atoms with E-state index in [2.05, 4.69) is 5.32 Å². The van der Waals surface area contributed by atoms with Crippen LogP contribution < -0.4 is 10.1 Å². The number of halogens is 2. The van der Waals surface area contributed by atoms with Crippen LogP contribution in [0.4, 0.5) is 4.39 Å². The van der Waals surface area contributed by atoms with Gasteiger partial charge < -0.3 is 10.1 Å².